The Balaban J connectivity index is 2.52. The smallest absolute Gasteiger partial charge is 0.224 e. The lowest BCUT2D eigenvalue weighted by atomic mass is 10.3. The van der Waals surface area contributed by atoms with E-state index in [0.717, 1.165) is 6.20 Å². The van der Waals surface area contributed by atoms with E-state index in [1.807, 2.05) is 0 Å². The number of amides is 1. The molecule has 1 aromatic heterocycles. The number of nitrogens with zero attached hydrogens (tertiary/aromatic N) is 1. The molecule has 1 heterocycles. The maximum absolute atomic E-state index is 13.0. The van der Waals surface area contributed by atoms with Crippen LogP contribution >= 0.6 is 0 Å². The van der Waals surface area contributed by atoms with E-state index in [1.54, 1.807) is 0 Å². The zero-order chi connectivity index (χ0) is 10.4. The van der Waals surface area contributed by atoms with Gasteiger partial charge in [0.25, 0.3) is 0 Å². The van der Waals surface area contributed by atoms with Crippen LogP contribution < -0.4 is 11.1 Å². The second-order valence-corrected chi connectivity index (χ2v) is 2.80. The first-order chi connectivity index (χ1) is 6.74. The Labute approximate surface area is 81.3 Å². The number of rotatable bonds is 4. The molecule has 3 N–H and O–H groups in total. The monoisotopic (exact) mass is 197 g/mol. The maximum atomic E-state index is 13.0. The quantitative estimate of drug-likeness (QED) is 0.753. The van der Waals surface area contributed by atoms with Crippen LogP contribution in [0.3, 0.4) is 0 Å². The van der Waals surface area contributed by atoms with Gasteiger partial charge in [-0.3, -0.25) is 9.78 Å². The van der Waals surface area contributed by atoms with Crippen LogP contribution in [0.1, 0.15) is 12.8 Å². The van der Waals surface area contributed by atoms with Gasteiger partial charge >= 0.3 is 0 Å². The molecule has 4 nitrogen and oxygen atoms in total. The number of pyridine rings is 1. The van der Waals surface area contributed by atoms with E-state index in [2.05, 4.69) is 10.3 Å². The Bertz CT molecular complexity index is 317. The zero-order valence-corrected chi connectivity index (χ0v) is 7.66. The largest absolute Gasteiger partial charge is 0.330 e. The lowest BCUT2D eigenvalue weighted by Gasteiger charge is -2.04. The van der Waals surface area contributed by atoms with Gasteiger partial charge in [-0.15, -0.1) is 0 Å². The van der Waals surface area contributed by atoms with Crippen molar-refractivity contribution in [2.24, 2.45) is 5.73 Å². The third-order valence-electron chi connectivity index (χ3n) is 1.65. The van der Waals surface area contributed by atoms with E-state index in [9.17, 15) is 9.18 Å². The summed E-state index contributed by atoms with van der Waals surface area (Å²) in [4.78, 5) is 14.7. The Hall–Kier alpha value is -1.49. The third-order valence-corrected chi connectivity index (χ3v) is 1.65. The molecule has 0 bridgehead atoms. The summed E-state index contributed by atoms with van der Waals surface area (Å²) in [5.41, 5.74) is 5.39. The Morgan fingerprint density at radius 1 is 1.64 bits per heavy atom. The SMILES string of the molecule is NCCCC(=O)Nc1ccncc1F. The highest BCUT2D eigenvalue weighted by Gasteiger charge is 2.05. The standard InChI is InChI=1S/C9H12FN3O/c10-7-6-12-5-3-8(7)13-9(14)2-1-4-11/h3,5-6H,1-2,4,11H2,(H,12,13,14). The van der Waals surface area contributed by atoms with Crippen LogP contribution in [0.5, 0.6) is 0 Å². The first-order valence-corrected chi connectivity index (χ1v) is 4.33. The fourth-order valence-electron chi connectivity index (χ4n) is 0.952. The molecule has 0 aliphatic heterocycles. The maximum Gasteiger partial charge on any atom is 0.224 e. The van der Waals surface area contributed by atoms with Gasteiger partial charge in [0, 0.05) is 12.6 Å². The zero-order valence-electron chi connectivity index (χ0n) is 7.66. The summed E-state index contributed by atoms with van der Waals surface area (Å²) in [6, 6.07) is 1.41. The van der Waals surface area contributed by atoms with E-state index in [0.29, 0.717) is 19.4 Å². The summed E-state index contributed by atoms with van der Waals surface area (Å²) in [6.07, 6.45) is 3.37. The second-order valence-electron chi connectivity index (χ2n) is 2.80. The van der Waals surface area contributed by atoms with Gasteiger partial charge in [0.2, 0.25) is 5.91 Å². The van der Waals surface area contributed by atoms with Crippen molar-refractivity contribution in [2.75, 3.05) is 11.9 Å². The second kappa shape index (κ2) is 5.29. The van der Waals surface area contributed by atoms with E-state index < -0.39 is 5.82 Å². The lowest BCUT2D eigenvalue weighted by Crippen LogP contribution is -2.14. The molecule has 76 valence electrons. The average molecular weight is 197 g/mol. The van der Waals surface area contributed by atoms with Gasteiger partial charge in [0.05, 0.1) is 11.9 Å². The number of nitrogens with two attached hydrogens (primary N) is 1. The number of hydrogen-bond donors (Lipinski definition) is 2. The summed E-state index contributed by atoms with van der Waals surface area (Å²) in [5, 5.41) is 2.44. The van der Waals surface area contributed by atoms with Crippen molar-refractivity contribution >= 4 is 11.6 Å². The fourth-order valence-corrected chi connectivity index (χ4v) is 0.952. The average Bonchev–Trinajstić information content (AvgIpc) is 2.18. The molecule has 5 heteroatoms. The molecule has 14 heavy (non-hydrogen) atoms. The molecule has 0 saturated heterocycles. The van der Waals surface area contributed by atoms with Crippen LogP contribution in [0.4, 0.5) is 10.1 Å². The number of nitrogens with one attached hydrogen (secondary N) is 1. The minimum Gasteiger partial charge on any atom is -0.330 e. The molecule has 0 aliphatic carbocycles. The number of hydrogen-bond acceptors (Lipinski definition) is 3. The van der Waals surface area contributed by atoms with Crippen LogP contribution in [0.25, 0.3) is 0 Å². The molecule has 0 fully saturated rings. The molecule has 0 aromatic carbocycles. The molecule has 1 aromatic rings. The molecular weight excluding hydrogens is 185 g/mol. The lowest BCUT2D eigenvalue weighted by molar-refractivity contribution is -0.116. The number of aromatic nitrogens is 1. The first kappa shape index (κ1) is 10.6. The van der Waals surface area contributed by atoms with Crippen molar-refractivity contribution in [3.8, 4) is 0 Å². The molecule has 0 spiro atoms. The van der Waals surface area contributed by atoms with Crippen LogP contribution in [-0.2, 0) is 4.79 Å². The molecule has 0 radical (unpaired) electrons. The van der Waals surface area contributed by atoms with Crippen molar-refractivity contribution < 1.29 is 9.18 Å². The summed E-state index contributed by atoms with van der Waals surface area (Å²) < 4.78 is 13.0. The van der Waals surface area contributed by atoms with Crippen molar-refractivity contribution in [3.63, 3.8) is 0 Å². The summed E-state index contributed by atoms with van der Waals surface area (Å²) >= 11 is 0. The van der Waals surface area contributed by atoms with Gasteiger partial charge < -0.3 is 11.1 Å². The molecule has 1 amide bonds. The Morgan fingerprint density at radius 2 is 2.43 bits per heavy atom. The predicted octanol–water partition coefficient (Wildman–Crippen LogP) is 0.898. The number of carbonyl (C=O) groups is 1. The van der Waals surface area contributed by atoms with Gasteiger partial charge in [0.15, 0.2) is 5.82 Å². The summed E-state index contributed by atoms with van der Waals surface area (Å²) in [6.45, 7) is 0.451. The van der Waals surface area contributed by atoms with Gasteiger partial charge in [-0.25, -0.2) is 4.39 Å². The number of anilines is 1. The first-order valence-electron chi connectivity index (χ1n) is 4.33. The van der Waals surface area contributed by atoms with Crippen LogP contribution in [0.15, 0.2) is 18.5 Å². The van der Waals surface area contributed by atoms with Crippen molar-refractivity contribution in [2.45, 2.75) is 12.8 Å². The highest BCUT2D eigenvalue weighted by Crippen LogP contribution is 2.10. The normalized spacial score (nSPS) is 9.86. The number of carbonyl (C=O) groups excluding carboxylic acids is 1. The van der Waals surface area contributed by atoms with Gasteiger partial charge in [0.1, 0.15) is 0 Å². The fraction of sp³-hybridized carbons (Fsp3) is 0.333. The van der Waals surface area contributed by atoms with E-state index >= 15 is 0 Å². The molecule has 1 rings (SSSR count). The Morgan fingerprint density at radius 3 is 3.07 bits per heavy atom. The van der Waals surface area contributed by atoms with Crippen LogP contribution in [-0.4, -0.2) is 17.4 Å². The van der Waals surface area contributed by atoms with Crippen molar-refractivity contribution in [1.82, 2.24) is 4.98 Å². The van der Waals surface area contributed by atoms with E-state index in [1.165, 1.54) is 12.3 Å². The minimum absolute atomic E-state index is 0.155. The molecule has 0 unspecified atom stereocenters. The summed E-state index contributed by atoms with van der Waals surface area (Å²) in [7, 11) is 0. The highest BCUT2D eigenvalue weighted by atomic mass is 19.1. The van der Waals surface area contributed by atoms with Crippen LogP contribution in [0, 0.1) is 5.82 Å². The molecular formula is C9H12FN3O. The summed E-state index contributed by atoms with van der Waals surface area (Å²) in [5.74, 6) is -0.769. The number of halogens is 1. The Kier molecular flexibility index (Phi) is 4.00. The molecule has 0 aliphatic rings. The molecule has 0 saturated carbocycles. The third kappa shape index (κ3) is 3.10. The van der Waals surface area contributed by atoms with Crippen molar-refractivity contribution in [3.05, 3.63) is 24.3 Å². The minimum atomic E-state index is -0.534. The van der Waals surface area contributed by atoms with Gasteiger partial charge in [-0.2, -0.15) is 0 Å². The predicted molar refractivity (Wildman–Crippen MR) is 51.1 cm³/mol. The van der Waals surface area contributed by atoms with Gasteiger partial charge in [-0.1, -0.05) is 0 Å². The van der Waals surface area contributed by atoms with Crippen LogP contribution in [0.2, 0.25) is 0 Å². The topological polar surface area (TPSA) is 68.0 Å². The van der Waals surface area contributed by atoms with E-state index in [-0.39, 0.29) is 11.6 Å². The van der Waals surface area contributed by atoms with E-state index in [4.69, 9.17) is 5.73 Å². The highest BCUT2D eigenvalue weighted by molar-refractivity contribution is 5.90. The van der Waals surface area contributed by atoms with Gasteiger partial charge in [-0.05, 0) is 19.0 Å². The van der Waals surface area contributed by atoms with Crippen molar-refractivity contribution in [1.29, 1.82) is 0 Å². The molecule has 0 atom stereocenters.